The monoisotopic (exact) mass is 531 g/mol. The van der Waals surface area contributed by atoms with Gasteiger partial charge in [-0.1, -0.05) is 26.0 Å². The summed E-state index contributed by atoms with van der Waals surface area (Å²) < 4.78 is 29.9. The van der Waals surface area contributed by atoms with Crippen LogP contribution in [0.5, 0.6) is 0 Å². The maximum atomic E-state index is 12.9. The third-order valence-corrected chi connectivity index (χ3v) is 9.11. The zero-order valence-electron chi connectivity index (χ0n) is 17.0. The van der Waals surface area contributed by atoms with Gasteiger partial charge in [-0.25, -0.2) is 13.1 Å². The lowest BCUT2D eigenvalue weighted by Crippen LogP contribution is -2.61. The first kappa shape index (κ1) is 22.7. The van der Waals surface area contributed by atoms with Gasteiger partial charge in [0.2, 0.25) is 10.0 Å². The molecule has 0 unspecified atom stereocenters. The highest BCUT2D eigenvalue weighted by molar-refractivity contribution is 14.1. The summed E-state index contributed by atoms with van der Waals surface area (Å²) in [4.78, 5) is 10.9. The lowest BCUT2D eigenvalue weighted by molar-refractivity contribution is -0.137. The molecule has 3 fully saturated rings. The SMILES string of the molecule is CC1(C)[C@H]2C[C@H](NS(=O)(=O)c3ccc(I)cc3)[C@@H](C/C=C\CCCC(=O)O)[C@@H]1C2. The van der Waals surface area contributed by atoms with Crippen molar-refractivity contribution in [1.82, 2.24) is 4.72 Å². The molecule has 0 radical (unpaired) electrons. The van der Waals surface area contributed by atoms with Crippen molar-refractivity contribution < 1.29 is 18.3 Å². The Balaban J connectivity index is 1.68. The standard InChI is InChI=1S/C22H30INO4S/c1-22(2)15-13-19(22)18(7-5-3-4-6-8-21(25)26)20(14-15)24-29(27,28)17-11-9-16(23)10-12-17/h3,5,9-12,15,18-20,24H,4,6-8,13-14H2,1-2H3,(H,25,26)/b5-3-/t15-,18+,19+,20+/m1/s1. The van der Waals surface area contributed by atoms with Crippen LogP contribution >= 0.6 is 22.6 Å². The molecule has 3 saturated carbocycles. The minimum absolute atomic E-state index is 0.0558. The van der Waals surface area contributed by atoms with E-state index in [2.05, 4.69) is 47.2 Å². The van der Waals surface area contributed by atoms with E-state index in [1.165, 1.54) is 6.42 Å². The summed E-state index contributed by atoms with van der Waals surface area (Å²) in [6.45, 7) is 4.61. The Hall–Kier alpha value is -0.930. The maximum Gasteiger partial charge on any atom is 0.303 e. The topological polar surface area (TPSA) is 83.5 Å². The van der Waals surface area contributed by atoms with Gasteiger partial charge in [0.25, 0.3) is 0 Å². The first-order valence-corrected chi connectivity index (χ1v) is 12.8. The number of fused-ring (bicyclic) bond motifs is 2. The molecular weight excluding hydrogens is 501 g/mol. The van der Waals surface area contributed by atoms with E-state index in [9.17, 15) is 13.2 Å². The van der Waals surface area contributed by atoms with Crippen molar-refractivity contribution in [2.24, 2.45) is 23.2 Å². The number of benzene rings is 1. The molecular formula is C22H30INO4S. The van der Waals surface area contributed by atoms with Crippen LogP contribution in [0.1, 0.15) is 52.4 Å². The molecule has 7 heteroatoms. The molecule has 1 aromatic carbocycles. The van der Waals surface area contributed by atoms with Crippen LogP contribution < -0.4 is 4.72 Å². The normalized spacial score (nSPS) is 28.2. The molecule has 4 atom stereocenters. The summed E-state index contributed by atoms with van der Waals surface area (Å²) in [5.41, 5.74) is 0.257. The molecule has 160 valence electrons. The first-order chi connectivity index (χ1) is 13.6. The van der Waals surface area contributed by atoms with Gasteiger partial charge >= 0.3 is 5.97 Å². The average Bonchev–Trinajstić information content (AvgIpc) is 2.64. The van der Waals surface area contributed by atoms with Crippen molar-refractivity contribution in [3.05, 3.63) is 40.0 Å². The Kier molecular flexibility index (Phi) is 7.10. The number of unbranched alkanes of at least 4 members (excludes halogenated alkanes) is 1. The van der Waals surface area contributed by atoms with Gasteiger partial charge in [-0.15, -0.1) is 0 Å². The molecule has 29 heavy (non-hydrogen) atoms. The molecule has 0 spiro atoms. The Labute approximate surface area is 187 Å². The zero-order chi connectivity index (χ0) is 21.2. The summed E-state index contributed by atoms with van der Waals surface area (Å²) in [7, 11) is -3.54. The number of hydrogen-bond donors (Lipinski definition) is 2. The van der Waals surface area contributed by atoms with Crippen LogP contribution in [0.25, 0.3) is 0 Å². The second-order valence-electron chi connectivity index (χ2n) is 8.93. The molecule has 5 nitrogen and oxygen atoms in total. The predicted octanol–water partition coefficient (Wildman–Crippen LogP) is 4.82. The number of halogens is 1. The third kappa shape index (κ3) is 5.22. The summed E-state index contributed by atoms with van der Waals surface area (Å²) >= 11 is 2.17. The van der Waals surface area contributed by atoms with Crippen LogP contribution in [0.4, 0.5) is 0 Å². The maximum absolute atomic E-state index is 12.9. The number of nitrogens with one attached hydrogen (secondary N) is 1. The fraction of sp³-hybridized carbons (Fsp3) is 0.591. The highest BCUT2D eigenvalue weighted by atomic mass is 127. The molecule has 2 bridgehead atoms. The lowest BCUT2D eigenvalue weighted by Gasteiger charge is -2.62. The van der Waals surface area contributed by atoms with Gasteiger partial charge in [-0.05, 0) is 102 Å². The largest absolute Gasteiger partial charge is 0.481 e. The second kappa shape index (κ2) is 9.06. The highest BCUT2D eigenvalue weighted by Gasteiger charge is 2.57. The molecule has 0 heterocycles. The van der Waals surface area contributed by atoms with Gasteiger partial charge in [0, 0.05) is 16.0 Å². The second-order valence-corrected chi connectivity index (χ2v) is 11.9. The number of rotatable bonds is 9. The van der Waals surface area contributed by atoms with Gasteiger partial charge in [0.1, 0.15) is 0 Å². The number of sulfonamides is 1. The van der Waals surface area contributed by atoms with E-state index >= 15 is 0 Å². The van der Waals surface area contributed by atoms with Crippen molar-refractivity contribution in [2.45, 2.75) is 63.3 Å². The van der Waals surface area contributed by atoms with E-state index in [0.29, 0.717) is 23.2 Å². The van der Waals surface area contributed by atoms with Crippen molar-refractivity contribution in [3.63, 3.8) is 0 Å². The van der Waals surface area contributed by atoms with E-state index in [0.717, 1.165) is 22.8 Å². The Morgan fingerprint density at radius 3 is 2.55 bits per heavy atom. The minimum Gasteiger partial charge on any atom is -0.481 e. The minimum atomic E-state index is -3.54. The Bertz CT molecular complexity index is 863. The third-order valence-electron chi connectivity index (χ3n) is 6.89. The van der Waals surface area contributed by atoms with Gasteiger partial charge in [-0.2, -0.15) is 0 Å². The van der Waals surface area contributed by atoms with Crippen molar-refractivity contribution >= 4 is 38.6 Å². The lowest BCUT2D eigenvalue weighted by atomic mass is 9.44. The van der Waals surface area contributed by atoms with Gasteiger partial charge in [-0.3, -0.25) is 4.79 Å². The number of carbonyl (C=O) groups is 1. The van der Waals surface area contributed by atoms with Crippen LogP contribution in [0, 0.1) is 26.7 Å². The number of allylic oxidation sites excluding steroid dienone is 2. The average molecular weight is 531 g/mol. The molecule has 4 rings (SSSR count). The van der Waals surface area contributed by atoms with Crippen molar-refractivity contribution in [2.75, 3.05) is 0 Å². The molecule has 0 saturated heterocycles. The highest BCUT2D eigenvalue weighted by Crippen LogP contribution is 2.62. The summed E-state index contributed by atoms with van der Waals surface area (Å²) in [5.74, 6) is 0.574. The quantitative estimate of drug-likeness (QED) is 0.272. The predicted molar refractivity (Wildman–Crippen MR) is 122 cm³/mol. The number of aliphatic carboxylic acids is 1. The molecule has 0 aliphatic heterocycles. The van der Waals surface area contributed by atoms with E-state index in [1.807, 2.05) is 18.2 Å². The van der Waals surface area contributed by atoms with Crippen LogP contribution in [-0.4, -0.2) is 25.5 Å². The molecule has 1 aromatic rings. The fourth-order valence-corrected chi connectivity index (χ4v) is 6.69. The molecule has 3 aliphatic carbocycles. The van der Waals surface area contributed by atoms with E-state index < -0.39 is 16.0 Å². The van der Waals surface area contributed by atoms with E-state index in [1.54, 1.807) is 12.1 Å². The number of carboxylic acid groups (broad SMARTS) is 1. The molecule has 0 amide bonds. The van der Waals surface area contributed by atoms with Crippen LogP contribution in [0.15, 0.2) is 41.3 Å². The fourth-order valence-electron chi connectivity index (χ4n) is 5.03. The van der Waals surface area contributed by atoms with Crippen molar-refractivity contribution in [3.8, 4) is 0 Å². The summed E-state index contributed by atoms with van der Waals surface area (Å²) in [6.07, 6.45) is 8.61. The number of carboxylic acids is 1. The smallest absolute Gasteiger partial charge is 0.303 e. The Morgan fingerprint density at radius 2 is 1.93 bits per heavy atom. The van der Waals surface area contributed by atoms with E-state index in [4.69, 9.17) is 5.11 Å². The van der Waals surface area contributed by atoms with Crippen LogP contribution in [0.3, 0.4) is 0 Å². The number of hydrogen-bond acceptors (Lipinski definition) is 3. The molecule has 3 aliphatic rings. The van der Waals surface area contributed by atoms with Crippen LogP contribution in [0.2, 0.25) is 0 Å². The van der Waals surface area contributed by atoms with Gasteiger partial charge < -0.3 is 5.11 Å². The van der Waals surface area contributed by atoms with Gasteiger partial charge in [0.15, 0.2) is 0 Å². The van der Waals surface area contributed by atoms with E-state index in [-0.39, 0.29) is 23.8 Å². The summed E-state index contributed by atoms with van der Waals surface area (Å²) in [6, 6.07) is 6.89. The first-order valence-electron chi connectivity index (χ1n) is 10.3. The summed E-state index contributed by atoms with van der Waals surface area (Å²) in [5, 5.41) is 8.73. The zero-order valence-corrected chi connectivity index (χ0v) is 19.9. The van der Waals surface area contributed by atoms with Crippen LogP contribution in [-0.2, 0) is 14.8 Å². The molecule has 2 N–H and O–H groups in total. The molecule has 0 aromatic heterocycles. The Morgan fingerprint density at radius 1 is 1.24 bits per heavy atom. The van der Waals surface area contributed by atoms with Gasteiger partial charge in [0.05, 0.1) is 4.90 Å². The van der Waals surface area contributed by atoms with Crippen molar-refractivity contribution in [1.29, 1.82) is 0 Å².